The monoisotopic (exact) mass is 387 g/mol. The Morgan fingerprint density at radius 3 is 2.64 bits per heavy atom. The van der Waals surface area contributed by atoms with Crippen molar-refractivity contribution in [3.63, 3.8) is 0 Å². The molecule has 0 radical (unpaired) electrons. The van der Waals surface area contributed by atoms with Crippen LogP contribution in [-0.4, -0.2) is 70.0 Å². The first kappa shape index (κ1) is 22.5. The van der Waals surface area contributed by atoms with Gasteiger partial charge in [-0.05, 0) is 45.3 Å². The van der Waals surface area contributed by atoms with Gasteiger partial charge in [-0.1, -0.05) is 0 Å². The molecule has 2 N–H and O–H groups in total. The fraction of sp³-hybridized carbons (Fsp3) is 0.938. The summed E-state index contributed by atoms with van der Waals surface area (Å²) in [4.78, 5) is 13.8. The molecule has 2 fully saturated rings. The molecule has 0 aromatic carbocycles. The number of ether oxygens (including phenoxy) is 1. The predicted molar refractivity (Wildman–Crippen MR) is 91.9 cm³/mol. The SMILES string of the molecule is COCC1(CNC(=O)C2CCCN(CC(F)(F)F)C2)CCNCC1.Cl. The van der Waals surface area contributed by atoms with Gasteiger partial charge in [0.1, 0.15) is 0 Å². The van der Waals surface area contributed by atoms with E-state index in [9.17, 15) is 18.0 Å². The van der Waals surface area contributed by atoms with E-state index in [0.29, 0.717) is 32.5 Å². The third-order valence-electron chi connectivity index (χ3n) is 5.03. The normalized spacial score (nSPS) is 24.4. The number of amides is 1. The maximum atomic E-state index is 12.5. The third-order valence-corrected chi connectivity index (χ3v) is 5.03. The van der Waals surface area contributed by atoms with Crippen LogP contribution in [0.5, 0.6) is 0 Å². The minimum absolute atomic E-state index is 0. The average Bonchev–Trinajstić information content (AvgIpc) is 2.52. The molecule has 1 amide bonds. The highest BCUT2D eigenvalue weighted by molar-refractivity contribution is 5.85. The van der Waals surface area contributed by atoms with E-state index in [2.05, 4.69) is 10.6 Å². The highest BCUT2D eigenvalue weighted by atomic mass is 35.5. The van der Waals surface area contributed by atoms with Gasteiger partial charge in [-0.15, -0.1) is 12.4 Å². The Balaban J connectivity index is 0.00000312. The van der Waals surface area contributed by atoms with Crippen molar-refractivity contribution in [3.8, 4) is 0 Å². The lowest BCUT2D eigenvalue weighted by Crippen LogP contribution is -2.50. The summed E-state index contributed by atoms with van der Waals surface area (Å²) in [6, 6.07) is 0. The van der Waals surface area contributed by atoms with Gasteiger partial charge in [0.05, 0.1) is 19.1 Å². The van der Waals surface area contributed by atoms with Gasteiger partial charge in [0.25, 0.3) is 0 Å². The van der Waals surface area contributed by atoms with Gasteiger partial charge in [0.2, 0.25) is 5.91 Å². The lowest BCUT2D eigenvalue weighted by Gasteiger charge is -2.38. The van der Waals surface area contributed by atoms with Crippen molar-refractivity contribution in [2.75, 3.05) is 53.0 Å². The Hall–Kier alpha value is -0.570. The van der Waals surface area contributed by atoms with Gasteiger partial charge in [0, 0.05) is 25.6 Å². The van der Waals surface area contributed by atoms with Gasteiger partial charge < -0.3 is 15.4 Å². The minimum atomic E-state index is -4.21. The number of piperidine rings is 2. The van der Waals surface area contributed by atoms with Crippen LogP contribution in [0.15, 0.2) is 0 Å². The summed E-state index contributed by atoms with van der Waals surface area (Å²) >= 11 is 0. The second kappa shape index (κ2) is 9.94. The number of halogens is 4. The van der Waals surface area contributed by atoms with E-state index in [-0.39, 0.29) is 36.2 Å². The van der Waals surface area contributed by atoms with E-state index >= 15 is 0 Å². The quantitative estimate of drug-likeness (QED) is 0.730. The van der Waals surface area contributed by atoms with E-state index in [1.54, 1.807) is 7.11 Å². The Labute approximate surface area is 153 Å². The van der Waals surface area contributed by atoms with E-state index in [4.69, 9.17) is 4.74 Å². The van der Waals surface area contributed by atoms with Crippen molar-refractivity contribution in [1.29, 1.82) is 0 Å². The molecule has 2 aliphatic rings. The topological polar surface area (TPSA) is 53.6 Å². The van der Waals surface area contributed by atoms with Crippen molar-refractivity contribution in [2.24, 2.45) is 11.3 Å². The molecule has 2 rings (SSSR count). The Morgan fingerprint density at radius 1 is 1.36 bits per heavy atom. The molecule has 0 spiro atoms. The Morgan fingerprint density at radius 2 is 2.04 bits per heavy atom. The fourth-order valence-corrected chi connectivity index (χ4v) is 3.72. The van der Waals surface area contributed by atoms with Crippen LogP contribution in [0.2, 0.25) is 0 Å². The van der Waals surface area contributed by atoms with Crippen molar-refractivity contribution >= 4 is 18.3 Å². The maximum absolute atomic E-state index is 12.5. The first-order valence-corrected chi connectivity index (χ1v) is 8.60. The van der Waals surface area contributed by atoms with Gasteiger partial charge in [-0.25, -0.2) is 0 Å². The molecule has 25 heavy (non-hydrogen) atoms. The number of hydrogen-bond donors (Lipinski definition) is 2. The molecule has 0 saturated carbocycles. The second-order valence-electron chi connectivity index (χ2n) is 7.09. The van der Waals surface area contributed by atoms with Crippen LogP contribution in [0.4, 0.5) is 13.2 Å². The molecule has 1 unspecified atom stereocenters. The first-order valence-electron chi connectivity index (χ1n) is 8.60. The van der Waals surface area contributed by atoms with Gasteiger partial charge in [0.15, 0.2) is 0 Å². The molecule has 0 aromatic rings. The highest BCUT2D eigenvalue weighted by Crippen LogP contribution is 2.29. The molecule has 1 atom stereocenters. The molecule has 5 nitrogen and oxygen atoms in total. The van der Waals surface area contributed by atoms with E-state index < -0.39 is 12.7 Å². The lowest BCUT2D eigenvalue weighted by atomic mass is 9.79. The summed E-state index contributed by atoms with van der Waals surface area (Å²) in [5.74, 6) is -0.488. The molecule has 9 heteroatoms. The molecular formula is C16H29ClF3N3O2. The van der Waals surface area contributed by atoms with Crippen LogP contribution in [0.25, 0.3) is 0 Å². The van der Waals surface area contributed by atoms with E-state index in [0.717, 1.165) is 25.9 Å². The predicted octanol–water partition coefficient (Wildman–Crippen LogP) is 1.81. The number of carbonyl (C=O) groups is 1. The molecule has 0 bridgehead atoms. The summed E-state index contributed by atoms with van der Waals surface area (Å²) in [5, 5.41) is 6.27. The zero-order valence-corrected chi connectivity index (χ0v) is 15.5. The van der Waals surface area contributed by atoms with Crippen molar-refractivity contribution in [2.45, 2.75) is 31.9 Å². The van der Waals surface area contributed by atoms with Crippen molar-refractivity contribution in [1.82, 2.24) is 15.5 Å². The van der Waals surface area contributed by atoms with Crippen LogP contribution < -0.4 is 10.6 Å². The smallest absolute Gasteiger partial charge is 0.384 e. The maximum Gasteiger partial charge on any atom is 0.401 e. The first-order chi connectivity index (χ1) is 11.3. The number of alkyl halides is 3. The second-order valence-corrected chi connectivity index (χ2v) is 7.09. The van der Waals surface area contributed by atoms with Crippen LogP contribution in [0.1, 0.15) is 25.7 Å². The zero-order chi connectivity index (χ0) is 17.6. The van der Waals surface area contributed by atoms with Gasteiger partial charge >= 0.3 is 6.18 Å². The average molecular weight is 388 g/mol. The van der Waals surface area contributed by atoms with Gasteiger partial charge in [-0.2, -0.15) is 13.2 Å². The number of nitrogens with one attached hydrogen (secondary N) is 2. The lowest BCUT2D eigenvalue weighted by molar-refractivity contribution is -0.152. The van der Waals surface area contributed by atoms with Gasteiger partial charge in [-0.3, -0.25) is 9.69 Å². The fourth-order valence-electron chi connectivity index (χ4n) is 3.72. The summed E-state index contributed by atoms with van der Waals surface area (Å²) in [6.45, 7) is 2.55. The summed E-state index contributed by atoms with van der Waals surface area (Å²) in [5.41, 5.74) is -0.0734. The number of hydrogen-bond acceptors (Lipinski definition) is 4. The summed E-state index contributed by atoms with van der Waals surface area (Å²) in [7, 11) is 1.65. The van der Waals surface area contributed by atoms with E-state index in [1.807, 2.05) is 0 Å². The van der Waals surface area contributed by atoms with Crippen LogP contribution in [-0.2, 0) is 9.53 Å². The third kappa shape index (κ3) is 7.29. The van der Waals surface area contributed by atoms with Crippen LogP contribution >= 0.6 is 12.4 Å². The molecular weight excluding hydrogens is 359 g/mol. The molecule has 2 heterocycles. The molecule has 0 aliphatic carbocycles. The van der Waals surface area contributed by atoms with Crippen molar-refractivity contribution in [3.05, 3.63) is 0 Å². The molecule has 2 aliphatic heterocycles. The Kier molecular flexibility index (Phi) is 8.94. The molecule has 2 saturated heterocycles. The largest absolute Gasteiger partial charge is 0.401 e. The number of likely N-dealkylation sites (tertiary alicyclic amines) is 1. The van der Waals surface area contributed by atoms with Crippen molar-refractivity contribution < 1.29 is 22.7 Å². The minimum Gasteiger partial charge on any atom is -0.384 e. The van der Waals surface area contributed by atoms with Crippen LogP contribution in [0, 0.1) is 11.3 Å². The summed E-state index contributed by atoms with van der Waals surface area (Å²) < 4.78 is 42.9. The van der Waals surface area contributed by atoms with Crippen LogP contribution in [0.3, 0.4) is 0 Å². The number of rotatable bonds is 6. The number of methoxy groups -OCH3 is 1. The zero-order valence-electron chi connectivity index (χ0n) is 14.7. The Bertz CT molecular complexity index is 412. The molecule has 0 aromatic heterocycles. The highest BCUT2D eigenvalue weighted by Gasteiger charge is 2.36. The standard InChI is InChI=1S/C16H28F3N3O2.ClH/c1-24-12-15(4-6-20-7-5-15)10-21-14(23)13-3-2-8-22(9-13)11-16(17,18)19;/h13,20H,2-12H2,1H3,(H,21,23);1H. The van der Waals surface area contributed by atoms with E-state index in [1.165, 1.54) is 4.90 Å². The molecule has 148 valence electrons. The number of carbonyl (C=O) groups excluding carboxylic acids is 1. The summed E-state index contributed by atoms with van der Waals surface area (Å²) in [6.07, 6.45) is -1.09. The number of nitrogens with zero attached hydrogens (tertiary/aromatic N) is 1.